The topological polar surface area (TPSA) is 29.5 Å². The predicted molar refractivity (Wildman–Crippen MR) is 473 cm³/mol. The summed E-state index contributed by atoms with van der Waals surface area (Å²) in [6.45, 7) is 9.32. The van der Waals surface area contributed by atoms with Crippen LogP contribution in [0.1, 0.15) is 49.9 Å². The molecule has 20 aromatic rings. The molecule has 1 radical (unpaired) electrons. The molecular formula is C106H73BBrO2. The number of fused-ring (bicyclic) bond motifs is 24. The van der Waals surface area contributed by atoms with Crippen LogP contribution in [0.4, 0.5) is 0 Å². The highest BCUT2D eigenvalue weighted by molar-refractivity contribution is 9.10. The second kappa shape index (κ2) is 26.6. The van der Waals surface area contributed by atoms with E-state index in [-0.39, 0.29) is 10.8 Å². The average molecular weight is 1470 g/mol. The van der Waals surface area contributed by atoms with Crippen LogP contribution in [0.2, 0.25) is 0 Å². The monoisotopic (exact) mass is 1470 g/mol. The third-order valence-corrected chi connectivity index (χ3v) is 24.3. The minimum absolute atomic E-state index is 0.00577. The van der Waals surface area contributed by atoms with Crippen molar-refractivity contribution in [1.82, 2.24) is 0 Å². The summed E-state index contributed by atoms with van der Waals surface area (Å²) < 4.78 is 6.16. The summed E-state index contributed by atoms with van der Waals surface area (Å²) in [7, 11) is 0.708. The molecule has 1 N–H and O–H groups in total. The first kappa shape index (κ1) is 66.7. The van der Waals surface area contributed by atoms with Gasteiger partial charge in [-0.3, -0.25) is 0 Å². The molecule has 2 nitrogen and oxygen atoms in total. The van der Waals surface area contributed by atoms with Crippen LogP contribution in [-0.4, -0.2) is 12.7 Å². The lowest BCUT2D eigenvalue weighted by molar-refractivity contribution is 0.454. The number of halogens is 1. The SMILES string of the molecule is Brc1cccc(-c2cc3c4ccccc4c4ccccc4c3c3ccccc23)c1.CC1(C)c2ccccc2-c2ccc(-c3ccc4cc(-c5cccc(-c6cc7c8ccccc8c8ccccc8c7c7ccccc67)c5)ccc4c3)cc21.CC1(C)c2ccccc2-c2ccc(-c3ccc4cc(O[B]O)ccc4c3)cc21. The Balaban J connectivity index is 0.000000118. The molecule has 0 amide bonds. The third kappa shape index (κ3) is 11.1. The highest BCUT2D eigenvalue weighted by atomic mass is 79.9. The number of rotatable bonds is 7. The lowest BCUT2D eigenvalue weighted by atomic mass is 9.81. The van der Waals surface area contributed by atoms with Crippen LogP contribution in [0.25, 0.3) is 186 Å². The lowest BCUT2D eigenvalue weighted by Gasteiger charge is -2.22. The molecular weight excluding hydrogens is 1400 g/mol. The van der Waals surface area contributed by atoms with Crippen molar-refractivity contribution in [2.45, 2.75) is 38.5 Å². The van der Waals surface area contributed by atoms with Gasteiger partial charge >= 0.3 is 7.69 Å². The van der Waals surface area contributed by atoms with E-state index in [1.807, 2.05) is 18.2 Å². The Hall–Kier alpha value is -12.7. The van der Waals surface area contributed by atoms with Crippen molar-refractivity contribution in [2.75, 3.05) is 0 Å². The maximum absolute atomic E-state index is 8.82. The molecule has 4 heteroatoms. The fraction of sp³-hybridized carbons (Fsp3) is 0.0566. The van der Waals surface area contributed by atoms with Crippen LogP contribution in [0.15, 0.2) is 368 Å². The van der Waals surface area contributed by atoms with Gasteiger partial charge in [0.15, 0.2) is 0 Å². The van der Waals surface area contributed by atoms with Crippen molar-refractivity contribution >= 4 is 131 Å². The lowest BCUT2D eigenvalue weighted by Crippen LogP contribution is -2.14. The summed E-state index contributed by atoms with van der Waals surface area (Å²) in [5, 5.41) is 34.5. The van der Waals surface area contributed by atoms with Crippen molar-refractivity contribution in [3.8, 4) is 83.6 Å². The predicted octanol–water partition coefficient (Wildman–Crippen LogP) is 29.2. The van der Waals surface area contributed by atoms with Gasteiger partial charge < -0.3 is 9.68 Å². The van der Waals surface area contributed by atoms with E-state index in [9.17, 15) is 0 Å². The summed E-state index contributed by atoms with van der Waals surface area (Å²) in [5.41, 5.74) is 23.4. The number of hydrogen-bond acceptors (Lipinski definition) is 2. The van der Waals surface area contributed by atoms with Gasteiger partial charge in [-0.05, 0) is 281 Å². The number of hydrogen-bond donors (Lipinski definition) is 1. The van der Waals surface area contributed by atoms with Crippen LogP contribution in [0.3, 0.4) is 0 Å². The normalized spacial score (nSPS) is 13.0. The van der Waals surface area contributed by atoms with Crippen molar-refractivity contribution < 1.29 is 9.68 Å². The molecule has 0 unspecified atom stereocenters. The minimum atomic E-state index is -0.0104. The zero-order valence-corrected chi connectivity index (χ0v) is 63.0. The average Bonchev–Trinajstić information content (AvgIpc) is 1.14. The van der Waals surface area contributed by atoms with E-state index in [1.54, 1.807) is 0 Å². The first-order valence-corrected chi connectivity index (χ1v) is 38.8. The molecule has 0 bridgehead atoms. The molecule has 0 spiro atoms. The van der Waals surface area contributed by atoms with E-state index in [1.165, 1.54) is 197 Å². The zero-order chi connectivity index (χ0) is 73.9. The molecule has 0 saturated carbocycles. The molecule has 110 heavy (non-hydrogen) atoms. The Morgan fingerprint density at radius 1 is 0.227 bits per heavy atom. The first-order chi connectivity index (χ1) is 53.9. The Morgan fingerprint density at radius 2 is 0.536 bits per heavy atom. The van der Waals surface area contributed by atoms with Crippen LogP contribution >= 0.6 is 15.9 Å². The summed E-state index contributed by atoms with van der Waals surface area (Å²) in [6, 6.07) is 133. The van der Waals surface area contributed by atoms with E-state index in [2.05, 4.69) is 389 Å². The Bertz CT molecular complexity index is 7210. The molecule has 519 valence electrons. The Labute approximate surface area is 649 Å². The molecule has 20 aromatic carbocycles. The maximum Gasteiger partial charge on any atom is 0.569 e. The van der Waals surface area contributed by atoms with E-state index in [0.29, 0.717) is 13.4 Å². The highest BCUT2D eigenvalue weighted by Crippen LogP contribution is 2.53. The smallest absolute Gasteiger partial charge is 0.537 e. The van der Waals surface area contributed by atoms with E-state index in [4.69, 9.17) is 9.68 Å². The quantitative estimate of drug-likeness (QED) is 0.127. The van der Waals surface area contributed by atoms with Gasteiger partial charge in [-0.1, -0.05) is 335 Å². The van der Waals surface area contributed by atoms with E-state index < -0.39 is 0 Å². The molecule has 0 saturated heterocycles. The van der Waals surface area contributed by atoms with E-state index >= 15 is 0 Å². The van der Waals surface area contributed by atoms with Gasteiger partial charge in [0.05, 0.1) is 0 Å². The maximum atomic E-state index is 8.82. The van der Waals surface area contributed by atoms with Gasteiger partial charge in [0.1, 0.15) is 5.75 Å². The minimum Gasteiger partial charge on any atom is -0.537 e. The Kier molecular flexibility index (Phi) is 16.1. The van der Waals surface area contributed by atoms with Crippen LogP contribution in [-0.2, 0) is 10.8 Å². The van der Waals surface area contributed by atoms with Gasteiger partial charge in [-0.15, -0.1) is 0 Å². The number of benzene rings is 20. The van der Waals surface area contributed by atoms with Crippen molar-refractivity contribution in [3.05, 3.63) is 391 Å². The summed E-state index contributed by atoms with van der Waals surface area (Å²) in [4.78, 5) is 0. The summed E-state index contributed by atoms with van der Waals surface area (Å²) in [6.07, 6.45) is 0. The van der Waals surface area contributed by atoms with Crippen molar-refractivity contribution in [2.24, 2.45) is 0 Å². The summed E-state index contributed by atoms with van der Waals surface area (Å²) >= 11 is 3.65. The molecule has 0 aromatic heterocycles. The standard InChI is InChI=1S/C53H36.C28H17Br.C25H20BO2/c1-53(2)50-21-10-9-18-44(50)45-27-26-38(31-51(45)53)37-25-24-35-28-34(22-23-36(35)29-37)33-12-11-13-39(30-33)48-32-49-42-16-4-3-14-40(42)41-15-5-7-19-46(41)52(49)47-20-8-6-17-43(47)48;29-19-9-7-8-18(16-19)26-17-27-22-12-2-1-10-20(22)21-11-3-5-14-24(21)28(27)25-15-6-4-13-23(25)26;1-25(2)23-6-4-3-5-21(23)22-12-10-19(15-24(22)25)16-7-8-18-14-20(28-26-27)11-9-17(18)13-16/h3-32H,1-2H3;1-17H;3-15,27H,1-2H3. The van der Waals surface area contributed by atoms with Gasteiger partial charge in [-0.2, -0.15) is 0 Å². The molecule has 0 fully saturated rings. The van der Waals surface area contributed by atoms with Crippen LogP contribution in [0, 0.1) is 0 Å². The Morgan fingerprint density at radius 3 is 0.973 bits per heavy atom. The molecule has 2 aliphatic carbocycles. The van der Waals surface area contributed by atoms with Crippen molar-refractivity contribution in [1.29, 1.82) is 0 Å². The largest absolute Gasteiger partial charge is 0.569 e. The first-order valence-electron chi connectivity index (χ1n) is 38.0. The van der Waals surface area contributed by atoms with Gasteiger partial charge in [0.25, 0.3) is 0 Å². The molecule has 0 heterocycles. The fourth-order valence-corrected chi connectivity index (χ4v) is 18.8. The fourth-order valence-electron chi connectivity index (χ4n) is 18.4. The van der Waals surface area contributed by atoms with Gasteiger partial charge in [0, 0.05) is 15.3 Å². The summed E-state index contributed by atoms with van der Waals surface area (Å²) in [5.74, 6) is 0.625. The highest BCUT2D eigenvalue weighted by Gasteiger charge is 2.37. The molecule has 0 atom stereocenters. The molecule has 22 rings (SSSR count). The zero-order valence-electron chi connectivity index (χ0n) is 61.5. The molecule has 0 aliphatic heterocycles. The molecule has 2 aliphatic rings. The van der Waals surface area contributed by atoms with E-state index in [0.717, 1.165) is 15.2 Å². The van der Waals surface area contributed by atoms with Gasteiger partial charge in [-0.25, -0.2) is 0 Å². The van der Waals surface area contributed by atoms with Crippen LogP contribution in [0.5, 0.6) is 5.75 Å². The van der Waals surface area contributed by atoms with Crippen LogP contribution < -0.4 is 4.65 Å². The second-order valence-corrected chi connectivity index (χ2v) is 31.6. The van der Waals surface area contributed by atoms with Crippen molar-refractivity contribution in [3.63, 3.8) is 0 Å². The second-order valence-electron chi connectivity index (χ2n) is 30.6. The third-order valence-electron chi connectivity index (χ3n) is 23.8. The van der Waals surface area contributed by atoms with Gasteiger partial charge in [0.2, 0.25) is 0 Å².